The Labute approximate surface area is 99.3 Å². The van der Waals surface area contributed by atoms with Crippen molar-refractivity contribution < 1.29 is 15.0 Å². The summed E-state index contributed by atoms with van der Waals surface area (Å²) in [6.45, 7) is 2.13. The second kappa shape index (κ2) is 4.44. The molecule has 1 amide bonds. The number of β-amino-alcohol motifs (C(OH)–C–C–N with tert-alkyl or cyclic N) is 1. The maximum absolute atomic E-state index is 11.2. The molecule has 5 nitrogen and oxygen atoms in total. The molecule has 1 heterocycles. The zero-order chi connectivity index (χ0) is 12.6. The van der Waals surface area contributed by atoms with E-state index in [0.717, 1.165) is 11.1 Å². The van der Waals surface area contributed by atoms with E-state index in [4.69, 9.17) is 5.73 Å². The third-order valence-electron chi connectivity index (χ3n) is 3.26. The summed E-state index contributed by atoms with van der Waals surface area (Å²) in [5.41, 5.74) is 7.25. The first kappa shape index (κ1) is 12.0. The van der Waals surface area contributed by atoms with Crippen LogP contribution in [0.5, 0.6) is 0 Å². The summed E-state index contributed by atoms with van der Waals surface area (Å²) >= 11 is 0. The lowest BCUT2D eigenvalue weighted by atomic mass is 9.94. The number of benzene rings is 1. The molecule has 1 aromatic rings. The molecule has 1 aliphatic heterocycles. The lowest BCUT2D eigenvalue weighted by Crippen LogP contribution is -2.27. The van der Waals surface area contributed by atoms with Crippen molar-refractivity contribution in [3.63, 3.8) is 0 Å². The number of rotatable bonds is 2. The highest BCUT2D eigenvalue weighted by molar-refractivity contribution is 5.94. The van der Waals surface area contributed by atoms with Gasteiger partial charge < -0.3 is 21.3 Å². The van der Waals surface area contributed by atoms with Crippen LogP contribution >= 0.6 is 0 Å². The molecule has 17 heavy (non-hydrogen) atoms. The van der Waals surface area contributed by atoms with E-state index in [9.17, 15) is 15.0 Å². The Morgan fingerprint density at radius 2 is 2.18 bits per heavy atom. The number of hydrogen-bond donors (Lipinski definition) is 4. The predicted molar refractivity (Wildman–Crippen MR) is 62.5 cm³/mol. The van der Waals surface area contributed by atoms with E-state index in [1.807, 2.05) is 6.07 Å². The topological polar surface area (TPSA) is 95.6 Å². The maximum Gasteiger partial charge on any atom is 0.248 e. The maximum atomic E-state index is 11.2. The number of primary amides is 1. The van der Waals surface area contributed by atoms with Crippen molar-refractivity contribution in [2.45, 2.75) is 25.2 Å². The van der Waals surface area contributed by atoms with Crippen molar-refractivity contribution in [2.75, 3.05) is 6.54 Å². The summed E-state index contributed by atoms with van der Waals surface area (Å²) in [6, 6.07) is 4.84. The molecule has 5 heteroatoms. The van der Waals surface area contributed by atoms with Gasteiger partial charge in [-0.15, -0.1) is 0 Å². The van der Waals surface area contributed by atoms with Crippen molar-refractivity contribution >= 4 is 5.91 Å². The molecular weight excluding hydrogens is 220 g/mol. The van der Waals surface area contributed by atoms with Crippen LogP contribution in [-0.2, 0) is 0 Å². The highest BCUT2D eigenvalue weighted by atomic mass is 16.3. The van der Waals surface area contributed by atoms with Crippen LogP contribution in [-0.4, -0.2) is 34.9 Å². The Morgan fingerprint density at radius 1 is 1.47 bits per heavy atom. The van der Waals surface area contributed by atoms with Crippen LogP contribution in [0.2, 0.25) is 0 Å². The zero-order valence-electron chi connectivity index (χ0n) is 9.55. The minimum atomic E-state index is -0.864. The number of nitrogens with two attached hydrogens (primary N) is 1. The minimum Gasteiger partial charge on any atom is -0.389 e. The Hall–Kier alpha value is -1.43. The molecular formula is C12H16N2O3. The molecule has 1 saturated heterocycles. The number of carbonyl (C=O) groups excluding carboxylic acids is 1. The van der Waals surface area contributed by atoms with Crippen LogP contribution in [0, 0.1) is 6.92 Å². The standard InChI is InChI=1S/C12H16N2O3/c1-6-7(3-2-4-8(6)12(13)17)10-11(16)9(15)5-14-10/h2-4,9-11,14-16H,5H2,1H3,(H2,13,17). The monoisotopic (exact) mass is 236 g/mol. The van der Waals surface area contributed by atoms with E-state index in [2.05, 4.69) is 5.32 Å². The molecule has 92 valence electrons. The van der Waals surface area contributed by atoms with Gasteiger partial charge in [0.15, 0.2) is 0 Å². The number of hydrogen-bond acceptors (Lipinski definition) is 4. The third kappa shape index (κ3) is 2.04. The number of carbonyl (C=O) groups is 1. The first-order valence-electron chi connectivity index (χ1n) is 5.51. The van der Waals surface area contributed by atoms with Gasteiger partial charge in [-0.3, -0.25) is 4.79 Å². The third-order valence-corrected chi connectivity index (χ3v) is 3.26. The fourth-order valence-corrected chi connectivity index (χ4v) is 2.26. The fraction of sp³-hybridized carbons (Fsp3) is 0.417. The summed E-state index contributed by atoms with van der Waals surface area (Å²) < 4.78 is 0. The number of aliphatic hydroxyl groups excluding tert-OH is 2. The molecule has 3 atom stereocenters. The lowest BCUT2D eigenvalue weighted by molar-refractivity contribution is 0.0403. The van der Waals surface area contributed by atoms with Gasteiger partial charge >= 0.3 is 0 Å². The van der Waals surface area contributed by atoms with Crippen LogP contribution in [0.1, 0.15) is 27.5 Å². The summed E-state index contributed by atoms with van der Waals surface area (Å²) in [7, 11) is 0. The summed E-state index contributed by atoms with van der Waals surface area (Å²) in [5.74, 6) is -0.489. The van der Waals surface area contributed by atoms with Crippen LogP contribution in [0.3, 0.4) is 0 Å². The first-order chi connectivity index (χ1) is 8.02. The Morgan fingerprint density at radius 3 is 2.71 bits per heavy atom. The normalized spacial score (nSPS) is 28.3. The smallest absolute Gasteiger partial charge is 0.248 e. The molecule has 0 radical (unpaired) electrons. The van der Waals surface area contributed by atoms with Crippen LogP contribution in [0.15, 0.2) is 18.2 Å². The summed E-state index contributed by atoms with van der Waals surface area (Å²) in [4.78, 5) is 11.2. The van der Waals surface area contributed by atoms with Crippen molar-refractivity contribution in [1.82, 2.24) is 5.32 Å². The molecule has 1 fully saturated rings. The first-order valence-corrected chi connectivity index (χ1v) is 5.51. The Balaban J connectivity index is 2.40. The number of amides is 1. The van der Waals surface area contributed by atoms with Gasteiger partial charge in [0.05, 0.1) is 12.1 Å². The van der Waals surface area contributed by atoms with Crippen molar-refractivity contribution in [3.8, 4) is 0 Å². The molecule has 0 aromatic heterocycles. The molecule has 1 aromatic carbocycles. The Bertz CT molecular complexity index is 447. The van der Waals surface area contributed by atoms with Crippen LogP contribution in [0.4, 0.5) is 0 Å². The van der Waals surface area contributed by atoms with Crippen LogP contribution < -0.4 is 11.1 Å². The second-order valence-corrected chi connectivity index (χ2v) is 4.33. The molecule has 5 N–H and O–H groups in total. The van der Waals surface area contributed by atoms with E-state index in [1.165, 1.54) is 0 Å². The number of nitrogens with one attached hydrogen (secondary N) is 1. The molecule has 0 bridgehead atoms. The van der Waals surface area contributed by atoms with Gasteiger partial charge in [-0.1, -0.05) is 12.1 Å². The van der Waals surface area contributed by atoms with Crippen LogP contribution in [0.25, 0.3) is 0 Å². The Kier molecular flexibility index (Phi) is 3.15. The van der Waals surface area contributed by atoms with Crippen molar-refractivity contribution in [3.05, 3.63) is 34.9 Å². The quantitative estimate of drug-likeness (QED) is 0.554. The minimum absolute atomic E-state index is 0.339. The molecule has 2 rings (SSSR count). The van der Waals surface area contributed by atoms with E-state index in [0.29, 0.717) is 12.1 Å². The fourth-order valence-electron chi connectivity index (χ4n) is 2.26. The van der Waals surface area contributed by atoms with Gasteiger partial charge in [0.2, 0.25) is 5.91 Å². The summed E-state index contributed by atoms with van der Waals surface area (Å²) in [6.07, 6.45) is -1.64. The van der Waals surface area contributed by atoms with Gasteiger partial charge in [0.25, 0.3) is 0 Å². The van der Waals surface area contributed by atoms with Gasteiger partial charge in [-0.25, -0.2) is 0 Å². The van der Waals surface area contributed by atoms with Gasteiger partial charge in [0.1, 0.15) is 6.10 Å². The van der Waals surface area contributed by atoms with E-state index in [1.54, 1.807) is 19.1 Å². The second-order valence-electron chi connectivity index (χ2n) is 4.33. The van der Waals surface area contributed by atoms with Crippen molar-refractivity contribution in [2.24, 2.45) is 5.73 Å². The average molecular weight is 236 g/mol. The van der Waals surface area contributed by atoms with Gasteiger partial charge in [-0.05, 0) is 24.1 Å². The van der Waals surface area contributed by atoms with E-state index in [-0.39, 0.29) is 6.04 Å². The zero-order valence-corrected chi connectivity index (χ0v) is 9.55. The molecule has 3 unspecified atom stereocenters. The van der Waals surface area contributed by atoms with Gasteiger partial charge in [0, 0.05) is 12.1 Å². The molecule has 0 saturated carbocycles. The molecule has 0 spiro atoms. The summed E-state index contributed by atoms with van der Waals surface area (Å²) in [5, 5.41) is 22.4. The highest BCUT2D eigenvalue weighted by Gasteiger charge is 2.35. The SMILES string of the molecule is Cc1c(C(N)=O)cccc1C1NCC(O)C1O. The lowest BCUT2D eigenvalue weighted by Gasteiger charge is -2.19. The average Bonchev–Trinajstić information content (AvgIpc) is 2.60. The molecule has 1 aliphatic rings. The van der Waals surface area contributed by atoms with Crippen molar-refractivity contribution in [1.29, 1.82) is 0 Å². The van der Waals surface area contributed by atoms with Gasteiger partial charge in [-0.2, -0.15) is 0 Å². The largest absolute Gasteiger partial charge is 0.389 e. The highest BCUT2D eigenvalue weighted by Crippen LogP contribution is 2.28. The van der Waals surface area contributed by atoms with E-state index < -0.39 is 18.1 Å². The predicted octanol–water partition coefficient (Wildman–Crippen LogP) is -0.540. The number of aliphatic hydroxyl groups is 2. The molecule has 0 aliphatic carbocycles. The van der Waals surface area contributed by atoms with E-state index >= 15 is 0 Å².